The predicted molar refractivity (Wildman–Crippen MR) is 87.8 cm³/mol. The zero-order chi connectivity index (χ0) is 16.0. The van der Waals surface area contributed by atoms with Crippen LogP contribution in [0.3, 0.4) is 0 Å². The van der Waals surface area contributed by atoms with E-state index in [-0.39, 0.29) is 11.7 Å². The zero-order valence-electron chi connectivity index (χ0n) is 13.5. The highest BCUT2D eigenvalue weighted by atomic mass is 32.2. The van der Waals surface area contributed by atoms with Crippen LogP contribution < -0.4 is 10.6 Å². The topological polar surface area (TPSA) is 84.0 Å². The van der Waals surface area contributed by atoms with Crippen LogP contribution in [0.15, 0.2) is 0 Å². The summed E-state index contributed by atoms with van der Waals surface area (Å²) in [4.78, 5) is 9.07. The van der Waals surface area contributed by atoms with E-state index < -0.39 is 9.84 Å². The molecule has 21 heavy (non-hydrogen) atoms. The lowest BCUT2D eigenvalue weighted by atomic mass is 10.2. The summed E-state index contributed by atoms with van der Waals surface area (Å²) in [5, 5.41) is 6.46. The van der Waals surface area contributed by atoms with Gasteiger partial charge in [-0.15, -0.1) is 0 Å². The summed E-state index contributed by atoms with van der Waals surface area (Å²) in [6.45, 7) is 9.45. The zero-order valence-corrected chi connectivity index (χ0v) is 14.3. The molecule has 0 aliphatic rings. The summed E-state index contributed by atoms with van der Waals surface area (Å²) in [6.07, 6.45) is 1.82. The van der Waals surface area contributed by atoms with Crippen LogP contribution >= 0.6 is 0 Å². The maximum atomic E-state index is 11.1. The van der Waals surface area contributed by atoms with Gasteiger partial charge in [-0.3, -0.25) is 0 Å². The second kappa shape index (κ2) is 7.59. The molecular formula is C14H26N4O2S. The molecule has 0 saturated heterocycles. The first-order valence-corrected chi connectivity index (χ1v) is 9.34. The number of hydrogen-bond acceptors (Lipinski definition) is 6. The lowest BCUT2D eigenvalue weighted by Crippen LogP contribution is -2.14. The van der Waals surface area contributed by atoms with Crippen molar-refractivity contribution in [3.63, 3.8) is 0 Å². The fourth-order valence-corrected chi connectivity index (χ4v) is 2.51. The van der Waals surface area contributed by atoms with Crippen LogP contribution in [0.2, 0.25) is 0 Å². The minimum Gasteiger partial charge on any atom is -0.370 e. The Morgan fingerprint density at radius 3 is 2.19 bits per heavy atom. The first-order valence-electron chi connectivity index (χ1n) is 7.28. The number of anilines is 2. The molecule has 0 aliphatic heterocycles. The lowest BCUT2D eigenvalue weighted by molar-refractivity contribution is 0.600. The molecule has 120 valence electrons. The van der Waals surface area contributed by atoms with E-state index in [4.69, 9.17) is 0 Å². The molecule has 0 amide bonds. The van der Waals surface area contributed by atoms with E-state index in [1.165, 1.54) is 6.26 Å². The third-order valence-corrected chi connectivity index (χ3v) is 4.04. The van der Waals surface area contributed by atoms with Crippen LogP contribution in [-0.2, 0) is 9.84 Å². The first-order chi connectivity index (χ1) is 9.74. The van der Waals surface area contributed by atoms with Crippen molar-refractivity contribution in [1.29, 1.82) is 0 Å². The summed E-state index contributed by atoms with van der Waals surface area (Å²) in [5.74, 6) is 2.81. The number of sulfone groups is 1. The standard InChI is InChI=1S/C14H26N4O2S/c1-6-15-13-11(4)14(18-12(17-13)10(2)3)16-8-7-9-21(5,19)20/h10H,6-9H2,1-5H3,(H2,15,16,17,18). The Hall–Kier alpha value is -1.37. The van der Waals surface area contributed by atoms with Gasteiger partial charge in [-0.1, -0.05) is 13.8 Å². The molecular weight excluding hydrogens is 288 g/mol. The molecule has 1 rings (SSSR count). The fraction of sp³-hybridized carbons (Fsp3) is 0.714. The first kappa shape index (κ1) is 17.7. The summed E-state index contributed by atoms with van der Waals surface area (Å²) >= 11 is 0. The Morgan fingerprint density at radius 2 is 1.71 bits per heavy atom. The van der Waals surface area contributed by atoms with E-state index in [9.17, 15) is 8.42 Å². The number of nitrogens with zero attached hydrogens (tertiary/aromatic N) is 2. The van der Waals surface area contributed by atoms with Gasteiger partial charge < -0.3 is 10.6 Å². The van der Waals surface area contributed by atoms with E-state index in [0.717, 1.165) is 29.6 Å². The van der Waals surface area contributed by atoms with Crippen LogP contribution in [-0.4, -0.2) is 43.5 Å². The summed E-state index contributed by atoms with van der Waals surface area (Å²) in [6, 6.07) is 0. The van der Waals surface area contributed by atoms with Gasteiger partial charge in [-0.05, 0) is 20.3 Å². The fourth-order valence-electron chi connectivity index (χ4n) is 1.84. The van der Waals surface area contributed by atoms with E-state index in [2.05, 4.69) is 20.6 Å². The molecule has 0 fully saturated rings. The van der Waals surface area contributed by atoms with Crippen molar-refractivity contribution in [2.24, 2.45) is 0 Å². The molecule has 1 aromatic rings. The van der Waals surface area contributed by atoms with E-state index in [1.807, 2.05) is 27.7 Å². The maximum absolute atomic E-state index is 11.1. The highest BCUT2D eigenvalue weighted by Crippen LogP contribution is 2.23. The van der Waals surface area contributed by atoms with Gasteiger partial charge in [-0.25, -0.2) is 18.4 Å². The molecule has 6 nitrogen and oxygen atoms in total. The molecule has 0 atom stereocenters. The second-order valence-electron chi connectivity index (χ2n) is 5.50. The van der Waals surface area contributed by atoms with Crippen LogP contribution in [0.4, 0.5) is 11.6 Å². The molecule has 2 N–H and O–H groups in total. The Bertz CT molecular complexity index is 571. The molecule has 0 radical (unpaired) electrons. The predicted octanol–water partition coefficient (Wildman–Crippen LogP) is 2.19. The summed E-state index contributed by atoms with van der Waals surface area (Å²) in [5.41, 5.74) is 0.959. The molecule has 0 spiro atoms. The van der Waals surface area contributed by atoms with Crippen LogP contribution in [0, 0.1) is 6.92 Å². The van der Waals surface area contributed by atoms with Crippen LogP contribution in [0.25, 0.3) is 0 Å². The monoisotopic (exact) mass is 314 g/mol. The van der Waals surface area contributed by atoms with Crippen molar-refractivity contribution in [3.8, 4) is 0 Å². The molecule has 0 unspecified atom stereocenters. The Morgan fingerprint density at radius 1 is 1.14 bits per heavy atom. The highest BCUT2D eigenvalue weighted by molar-refractivity contribution is 7.90. The van der Waals surface area contributed by atoms with Gasteiger partial charge >= 0.3 is 0 Å². The average molecular weight is 314 g/mol. The Balaban J connectivity index is 2.84. The quantitative estimate of drug-likeness (QED) is 0.716. The molecule has 0 saturated carbocycles. The van der Waals surface area contributed by atoms with Gasteiger partial charge in [0.2, 0.25) is 0 Å². The van der Waals surface area contributed by atoms with Crippen molar-refractivity contribution in [1.82, 2.24) is 9.97 Å². The van der Waals surface area contributed by atoms with E-state index >= 15 is 0 Å². The normalized spacial score (nSPS) is 11.7. The van der Waals surface area contributed by atoms with Gasteiger partial charge in [-0.2, -0.15) is 0 Å². The van der Waals surface area contributed by atoms with Crippen molar-refractivity contribution in [3.05, 3.63) is 11.4 Å². The Labute approximate surface area is 127 Å². The highest BCUT2D eigenvalue weighted by Gasteiger charge is 2.12. The number of nitrogens with one attached hydrogen (secondary N) is 2. The molecule has 7 heteroatoms. The van der Waals surface area contributed by atoms with E-state index in [0.29, 0.717) is 13.0 Å². The van der Waals surface area contributed by atoms with Gasteiger partial charge in [0.05, 0.1) is 5.75 Å². The smallest absolute Gasteiger partial charge is 0.147 e. The molecule has 0 bridgehead atoms. The molecule has 1 heterocycles. The number of aromatic nitrogens is 2. The van der Waals surface area contributed by atoms with Gasteiger partial charge in [0, 0.05) is 30.8 Å². The van der Waals surface area contributed by atoms with Crippen molar-refractivity contribution in [2.45, 2.75) is 40.0 Å². The Kier molecular flexibility index (Phi) is 6.39. The third-order valence-electron chi connectivity index (χ3n) is 3.01. The maximum Gasteiger partial charge on any atom is 0.147 e. The summed E-state index contributed by atoms with van der Waals surface area (Å²) in [7, 11) is -2.91. The number of rotatable bonds is 8. The average Bonchev–Trinajstić information content (AvgIpc) is 2.37. The van der Waals surface area contributed by atoms with Crippen molar-refractivity contribution in [2.75, 3.05) is 35.7 Å². The van der Waals surface area contributed by atoms with Gasteiger partial charge in [0.25, 0.3) is 0 Å². The summed E-state index contributed by atoms with van der Waals surface area (Å²) < 4.78 is 22.3. The van der Waals surface area contributed by atoms with Crippen LogP contribution in [0.5, 0.6) is 0 Å². The van der Waals surface area contributed by atoms with Gasteiger partial charge in [0.1, 0.15) is 27.3 Å². The number of hydrogen-bond donors (Lipinski definition) is 2. The minimum absolute atomic E-state index is 0.182. The molecule has 0 aromatic carbocycles. The SMILES string of the molecule is CCNc1nc(C(C)C)nc(NCCCS(C)(=O)=O)c1C. The minimum atomic E-state index is -2.91. The largest absolute Gasteiger partial charge is 0.370 e. The van der Waals surface area contributed by atoms with Gasteiger partial charge in [0.15, 0.2) is 0 Å². The van der Waals surface area contributed by atoms with Crippen LogP contribution in [0.1, 0.15) is 44.5 Å². The lowest BCUT2D eigenvalue weighted by Gasteiger charge is -2.15. The van der Waals surface area contributed by atoms with Crippen molar-refractivity contribution < 1.29 is 8.42 Å². The molecule has 0 aliphatic carbocycles. The van der Waals surface area contributed by atoms with E-state index in [1.54, 1.807) is 0 Å². The van der Waals surface area contributed by atoms with Crippen molar-refractivity contribution >= 4 is 21.5 Å². The second-order valence-corrected chi connectivity index (χ2v) is 7.76. The third kappa shape index (κ3) is 5.87. The molecule has 1 aromatic heterocycles.